The number of carboxylic acids is 1. The molecule has 0 aromatic rings. The van der Waals surface area contributed by atoms with Crippen LogP contribution in [-0.4, -0.2) is 57.9 Å². The summed E-state index contributed by atoms with van der Waals surface area (Å²) < 4.78 is 10.9. The van der Waals surface area contributed by atoms with E-state index in [9.17, 15) is 18.9 Å². The lowest BCUT2D eigenvalue weighted by atomic mass is 9.82. The fourth-order valence-corrected chi connectivity index (χ4v) is 2.72. The smallest absolute Gasteiger partial charge is 0.317 e. The van der Waals surface area contributed by atoms with E-state index in [1.165, 1.54) is 0 Å². The van der Waals surface area contributed by atoms with Gasteiger partial charge in [0.05, 0.1) is 5.41 Å². The number of amides is 2. The zero-order valence-corrected chi connectivity index (χ0v) is 12.3. The Kier molecular flexibility index (Phi) is 5.78. The Balaban J connectivity index is 2.40. The molecule has 2 unspecified atom stereocenters. The highest BCUT2D eigenvalue weighted by molar-refractivity contribution is 7.84. The van der Waals surface area contributed by atoms with Crippen molar-refractivity contribution in [2.75, 3.05) is 31.6 Å². The third kappa shape index (κ3) is 4.81. The second kappa shape index (κ2) is 6.88. The van der Waals surface area contributed by atoms with Crippen LogP contribution in [-0.2, 0) is 15.6 Å². The summed E-state index contributed by atoms with van der Waals surface area (Å²) in [7, 11) is -0.846. The molecule has 2 N–H and O–H groups in total. The van der Waals surface area contributed by atoms with Gasteiger partial charge in [0.1, 0.15) is 0 Å². The summed E-state index contributed by atoms with van der Waals surface area (Å²) >= 11 is 0. The monoisotopic (exact) mass is 290 g/mol. The SMILES string of the molecule is CS(=O)CCCNC(=O)N1CCCC(C)(C(=O)O)C1. The fourth-order valence-electron chi connectivity index (χ4n) is 2.17. The molecular weight excluding hydrogens is 268 g/mol. The van der Waals surface area contributed by atoms with Gasteiger partial charge in [-0.25, -0.2) is 4.79 Å². The molecule has 0 spiro atoms. The van der Waals surface area contributed by atoms with E-state index in [2.05, 4.69) is 5.32 Å². The number of hydrogen-bond acceptors (Lipinski definition) is 3. The third-order valence-electron chi connectivity index (χ3n) is 3.38. The van der Waals surface area contributed by atoms with E-state index >= 15 is 0 Å². The molecule has 0 aliphatic carbocycles. The minimum Gasteiger partial charge on any atom is -0.481 e. The fraction of sp³-hybridized carbons (Fsp3) is 0.833. The standard InChI is InChI=1S/C12H22N2O4S/c1-12(10(15)16)5-3-7-14(9-12)11(17)13-6-4-8-19(2)18/h3-9H2,1-2H3,(H,13,17)(H,15,16). The van der Waals surface area contributed by atoms with Crippen LogP contribution < -0.4 is 5.32 Å². The summed E-state index contributed by atoms with van der Waals surface area (Å²) in [5, 5.41) is 11.9. The van der Waals surface area contributed by atoms with E-state index in [1.54, 1.807) is 18.1 Å². The van der Waals surface area contributed by atoms with E-state index in [4.69, 9.17) is 0 Å². The summed E-state index contributed by atoms with van der Waals surface area (Å²) in [4.78, 5) is 24.6. The molecule has 1 aliphatic heterocycles. The number of carboxylic acid groups (broad SMARTS) is 1. The summed E-state index contributed by atoms with van der Waals surface area (Å²) in [6, 6.07) is -0.228. The van der Waals surface area contributed by atoms with Gasteiger partial charge in [-0.1, -0.05) is 0 Å². The van der Waals surface area contributed by atoms with Crippen LogP contribution in [0.1, 0.15) is 26.2 Å². The molecule has 0 radical (unpaired) electrons. The van der Waals surface area contributed by atoms with Crippen LogP contribution >= 0.6 is 0 Å². The number of piperidine rings is 1. The van der Waals surface area contributed by atoms with Crippen LogP contribution in [0.5, 0.6) is 0 Å². The van der Waals surface area contributed by atoms with Crippen molar-refractivity contribution in [2.45, 2.75) is 26.2 Å². The molecule has 19 heavy (non-hydrogen) atoms. The maximum atomic E-state index is 11.9. The van der Waals surface area contributed by atoms with Crippen molar-refractivity contribution in [3.8, 4) is 0 Å². The van der Waals surface area contributed by atoms with Crippen LogP contribution in [0.2, 0.25) is 0 Å². The van der Waals surface area contributed by atoms with Crippen molar-refractivity contribution in [1.82, 2.24) is 10.2 Å². The number of hydrogen-bond donors (Lipinski definition) is 2. The number of carbonyl (C=O) groups is 2. The van der Waals surface area contributed by atoms with Gasteiger partial charge in [-0.3, -0.25) is 9.00 Å². The molecule has 1 saturated heterocycles. The van der Waals surface area contributed by atoms with E-state index < -0.39 is 22.2 Å². The van der Waals surface area contributed by atoms with Gasteiger partial charge >= 0.3 is 12.0 Å². The molecule has 0 saturated carbocycles. The van der Waals surface area contributed by atoms with Gasteiger partial charge in [0, 0.05) is 42.4 Å². The van der Waals surface area contributed by atoms with Gasteiger partial charge in [0.15, 0.2) is 0 Å². The first-order valence-electron chi connectivity index (χ1n) is 6.41. The first kappa shape index (κ1) is 15.9. The van der Waals surface area contributed by atoms with E-state index in [0.29, 0.717) is 38.1 Å². The van der Waals surface area contributed by atoms with Gasteiger partial charge in [0.25, 0.3) is 0 Å². The zero-order chi connectivity index (χ0) is 14.5. The quantitative estimate of drug-likeness (QED) is 0.728. The number of carbonyl (C=O) groups excluding carboxylic acids is 1. The van der Waals surface area contributed by atoms with Crippen molar-refractivity contribution in [3.63, 3.8) is 0 Å². The van der Waals surface area contributed by atoms with Gasteiger partial charge in [-0.2, -0.15) is 0 Å². The minimum absolute atomic E-state index is 0.228. The first-order chi connectivity index (χ1) is 8.85. The molecule has 0 aromatic carbocycles. The average molecular weight is 290 g/mol. The average Bonchev–Trinajstić information content (AvgIpc) is 2.34. The molecule has 7 heteroatoms. The Morgan fingerprint density at radius 1 is 1.47 bits per heavy atom. The lowest BCUT2D eigenvalue weighted by molar-refractivity contribution is -0.150. The Morgan fingerprint density at radius 2 is 2.16 bits per heavy atom. The second-order valence-corrected chi connectivity index (χ2v) is 6.81. The Morgan fingerprint density at radius 3 is 2.74 bits per heavy atom. The summed E-state index contributed by atoms with van der Waals surface area (Å²) in [6.45, 7) is 2.98. The topological polar surface area (TPSA) is 86.7 Å². The predicted molar refractivity (Wildman–Crippen MR) is 73.5 cm³/mol. The van der Waals surface area contributed by atoms with Crippen molar-refractivity contribution in [3.05, 3.63) is 0 Å². The summed E-state index contributed by atoms with van der Waals surface area (Å²) in [5.74, 6) is -0.293. The number of likely N-dealkylation sites (tertiary alicyclic amines) is 1. The maximum absolute atomic E-state index is 11.9. The van der Waals surface area contributed by atoms with Crippen molar-refractivity contribution < 1.29 is 18.9 Å². The van der Waals surface area contributed by atoms with E-state index in [-0.39, 0.29) is 12.6 Å². The molecular formula is C12H22N2O4S. The highest BCUT2D eigenvalue weighted by Crippen LogP contribution is 2.29. The van der Waals surface area contributed by atoms with Gasteiger partial charge in [0.2, 0.25) is 0 Å². The molecule has 1 heterocycles. The molecule has 0 aromatic heterocycles. The molecule has 1 rings (SSSR count). The molecule has 2 atom stereocenters. The normalized spacial score (nSPS) is 24.8. The van der Waals surface area contributed by atoms with Gasteiger partial charge < -0.3 is 15.3 Å². The van der Waals surface area contributed by atoms with Crippen LogP contribution in [0.4, 0.5) is 4.79 Å². The van der Waals surface area contributed by atoms with Gasteiger partial charge in [-0.15, -0.1) is 0 Å². The highest BCUT2D eigenvalue weighted by atomic mass is 32.2. The Hall–Kier alpha value is -1.11. The maximum Gasteiger partial charge on any atom is 0.317 e. The summed E-state index contributed by atoms with van der Waals surface area (Å²) in [6.07, 6.45) is 3.60. The first-order valence-corrected chi connectivity index (χ1v) is 8.14. The van der Waals surface area contributed by atoms with Crippen LogP contribution in [0.25, 0.3) is 0 Å². The minimum atomic E-state index is -0.855. The zero-order valence-electron chi connectivity index (χ0n) is 11.5. The van der Waals surface area contributed by atoms with Crippen LogP contribution in [0.3, 0.4) is 0 Å². The molecule has 2 amide bonds. The lowest BCUT2D eigenvalue weighted by Crippen LogP contribution is -2.51. The molecule has 1 aliphatic rings. The highest BCUT2D eigenvalue weighted by Gasteiger charge is 2.39. The largest absolute Gasteiger partial charge is 0.481 e. The van der Waals surface area contributed by atoms with Crippen molar-refractivity contribution in [2.24, 2.45) is 5.41 Å². The summed E-state index contributed by atoms with van der Waals surface area (Å²) in [5.41, 5.74) is -0.847. The second-order valence-electron chi connectivity index (χ2n) is 5.25. The number of nitrogens with zero attached hydrogens (tertiary/aromatic N) is 1. The Labute approximate surface area is 116 Å². The molecule has 0 bridgehead atoms. The molecule has 1 fully saturated rings. The van der Waals surface area contributed by atoms with Crippen LogP contribution in [0, 0.1) is 5.41 Å². The van der Waals surface area contributed by atoms with Crippen LogP contribution in [0.15, 0.2) is 0 Å². The number of urea groups is 1. The molecule has 6 nitrogen and oxygen atoms in total. The van der Waals surface area contributed by atoms with E-state index in [1.807, 2.05) is 0 Å². The van der Waals surface area contributed by atoms with E-state index in [0.717, 1.165) is 0 Å². The number of aliphatic carboxylic acids is 1. The lowest BCUT2D eigenvalue weighted by Gasteiger charge is -2.37. The Bertz CT molecular complexity index is 375. The number of rotatable bonds is 5. The number of nitrogens with one attached hydrogen (secondary N) is 1. The molecule has 110 valence electrons. The van der Waals surface area contributed by atoms with Gasteiger partial charge in [-0.05, 0) is 26.2 Å². The van der Waals surface area contributed by atoms with Crippen molar-refractivity contribution in [1.29, 1.82) is 0 Å². The predicted octanol–water partition coefficient (Wildman–Crippen LogP) is 0.651. The third-order valence-corrected chi connectivity index (χ3v) is 4.25. The van der Waals surface area contributed by atoms with Crippen molar-refractivity contribution >= 4 is 22.8 Å².